The highest BCUT2D eigenvalue weighted by atomic mass is 35.6. The fourth-order valence-corrected chi connectivity index (χ4v) is 9.85. The number of methoxy groups -OCH3 is 1. The second-order valence-corrected chi connectivity index (χ2v) is 22.3. The molecule has 0 unspecified atom stereocenters. The van der Waals surface area contributed by atoms with Crippen molar-refractivity contribution in [3.63, 3.8) is 0 Å². The van der Waals surface area contributed by atoms with E-state index in [1.54, 1.807) is 19.2 Å². The van der Waals surface area contributed by atoms with Gasteiger partial charge < -0.3 is 62.2 Å². The number of Topliss-reactive ketones (excluding diaryl/α,β-unsaturated/α-hetero) is 1. The van der Waals surface area contributed by atoms with E-state index >= 15 is 0 Å². The van der Waals surface area contributed by atoms with Crippen molar-refractivity contribution in [3.05, 3.63) is 167 Å². The number of benzene rings is 5. The predicted octanol–water partition coefficient (Wildman–Crippen LogP) is 10.2. The number of ketones is 1. The molecule has 16 nitrogen and oxygen atoms in total. The van der Waals surface area contributed by atoms with Crippen molar-refractivity contribution in [3.8, 4) is 5.75 Å². The van der Waals surface area contributed by atoms with Crippen LogP contribution in [0.2, 0.25) is 0 Å². The van der Waals surface area contributed by atoms with E-state index in [-0.39, 0.29) is 58.3 Å². The van der Waals surface area contributed by atoms with E-state index in [0.29, 0.717) is 5.75 Å². The van der Waals surface area contributed by atoms with Gasteiger partial charge in [-0.3, -0.25) is 9.59 Å². The number of thioether (sulfide) groups is 1. The molecule has 78 heavy (non-hydrogen) atoms. The van der Waals surface area contributed by atoms with Crippen LogP contribution >= 0.6 is 46.6 Å². The number of alkyl halides is 3. The first-order valence-corrected chi connectivity index (χ1v) is 27.3. The molecule has 1 amide bonds. The van der Waals surface area contributed by atoms with Crippen LogP contribution in [0, 0.1) is 6.92 Å². The van der Waals surface area contributed by atoms with E-state index in [2.05, 4.69) is 5.32 Å². The summed E-state index contributed by atoms with van der Waals surface area (Å²) in [5.41, 5.74) is 3.28. The molecule has 2 fully saturated rings. The normalized spacial score (nSPS) is 23.2. The fraction of sp³-hybridized carbons (Fsp3) is 0.414. The lowest BCUT2D eigenvalue weighted by molar-refractivity contribution is -0.346. The average Bonchev–Trinajstić information content (AvgIpc) is 3.49. The molecule has 0 radical (unpaired) electrons. The lowest BCUT2D eigenvalue weighted by Gasteiger charge is -2.50. The number of carbonyl (C=O) groups is 4. The maximum Gasteiger partial charge on any atom is 0.407 e. The van der Waals surface area contributed by atoms with Crippen LogP contribution in [0.3, 0.4) is 0 Å². The molecular weight excluding hydrogens is 1090 g/mol. The summed E-state index contributed by atoms with van der Waals surface area (Å²) >= 11 is 19.3. The van der Waals surface area contributed by atoms with Gasteiger partial charge in [0.05, 0.1) is 53.2 Å². The molecule has 7 rings (SSSR count). The van der Waals surface area contributed by atoms with Crippen LogP contribution in [0.4, 0.5) is 4.79 Å². The van der Waals surface area contributed by atoms with Crippen molar-refractivity contribution in [1.82, 2.24) is 5.32 Å². The third-order valence-corrected chi connectivity index (χ3v) is 13.9. The zero-order valence-electron chi connectivity index (χ0n) is 43.6. The lowest BCUT2D eigenvalue weighted by atomic mass is 9.95. The monoisotopic (exact) mass is 1150 g/mol. The molecular formula is C58H64Cl3NO15S. The Morgan fingerprint density at radius 3 is 1.68 bits per heavy atom. The quantitative estimate of drug-likeness (QED) is 0.0313. The molecule has 10 atom stereocenters. The first-order valence-electron chi connectivity index (χ1n) is 25.3. The number of hydrogen-bond donors (Lipinski definition) is 1. The Balaban J connectivity index is 1.33. The lowest BCUT2D eigenvalue weighted by Crippen LogP contribution is -2.68. The maximum absolute atomic E-state index is 14.1. The molecule has 2 heterocycles. The largest absolute Gasteiger partial charge is 0.497 e. The van der Waals surface area contributed by atoms with E-state index in [0.717, 1.165) is 32.7 Å². The molecule has 1 N–H and O–H groups in total. The Morgan fingerprint density at radius 2 is 1.14 bits per heavy atom. The number of hydrogen-bond acceptors (Lipinski definition) is 16. The Labute approximate surface area is 473 Å². The van der Waals surface area contributed by atoms with Crippen LogP contribution in [-0.4, -0.2) is 115 Å². The zero-order valence-corrected chi connectivity index (χ0v) is 46.7. The van der Waals surface area contributed by atoms with Gasteiger partial charge in [-0.15, -0.1) is 0 Å². The van der Waals surface area contributed by atoms with Crippen molar-refractivity contribution >= 4 is 70.4 Å². The van der Waals surface area contributed by atoms with Crippen LogP contribution in [-0.2, 0) is 88.2 Å². The summed E-state index contributed by atoms with van der Waals surface area (Å²) < 4.78 is 68.9. The van der Waals surface area contributed by atoms with Gasteiger partial charge in [0, 0.05) is 18.2 Å². The molecule has 20 heteroatoms. The third kappa shape index (κ3) is 19.2. The summed E-state index contributed by atoms with van der Waals surface area (Å²) in [5.74, 6) is -1.13. The molecule has 0 bridgehead atoms. The van der Waals surface area contributed by atoms with Crippen molar-refractivity contribution in [2.45, 2.75) is 129 Å². The standard InChI is InChI=1S/C58H64Cl3NO15S/c1-37-20-27-45(28-21-37)78-56-49(62-57(66)72-36-58(59,60)61)52(73-39(3)64)51(47(75-56)35-69-31-41-16-10-6-11-17-41)77-55-54(76-48(65)29-22-38(2)63)53(71-33-43-23-25-44(67-4)26-24-43)50(70-32-42-18-12-7-13-19-42)46(74-55)34-68-30-40-14-8-5-9-15-40/h5-21,23-28,46-47,49-56H,22,29-36H2,1-4H3,(H,62,66)/t46-,47-,49-,50+,51-,52-,53+,54-,55+,56+/m1/s1. The van der Waals surface area contributed by atoms with Crippen molar-refractivity contribution < 1.29 is 71.3 Å². The van der Waals surface area contributed by atoms with Crippen LogP contribution in [0.15, 0.2) is 144 Å². The number of carbonyl (C=O) groups excluding carboxylic acids is 4. The topological polar surface area (TPSA) is 182 Å². The average molecular weight is 1150 g/mol. The number of halogens is 3. The Hall–Kier alpha value is -5.28. The Bertz CT molecular complexity index is 2640. The number of nitrogens with one attached hydrogen (secondary N) is 1. The number of esters is 2. The number of ether oxygens (including phenoxy) is 11. The molecule has 2 saturated heterocycles. The zero-order chi connectivity index (χ0) is 55.4. The van der Waals surface area contributed by atoms with Gasteiger partial charge in [-0.1, -0.05) is 167 Å². The summed E-state index contributed by atoms with van der Waals surface area (Å²) in [7, 11) is 1.57. The Kier molecular flexibility index (Phi) is 23.5. The molecule has 2 aliphatic rings. The molecule has 0 aliphatic carbocycles. The van der Waals surface area contributed by atoms with Gasteiger partial charge in [-0.05, 0) is 60.4 Å². The van der Waals surface area contributed by atoms with Crippen molar-refractivity contribution in [2.75, 3.05) is 26.9 Å². The van der Waals surface area contributed by atoms with Crippen molar-refractivity contribution in [2.24, 2.45) is 0 Å². The van der Waals surface area contributed by atoms with Gasteiger partial charge in [0.2, 0.25) is 3.79 Å². The molecule has 0 spiro atoms. The van der Waals surface area contributed by atoms with Crippen LogP contribution in [0.1, 0.15) is 54.5 Å². The minimum absolute atomic E-state index is 0.0234. The van der Waals surface area contributed by atoms with E-state index < -0.39 is 88.9 Å². The molecule has 5 aromatic rings. The highest BCUT2D eigenvalue weighted by Crippen LogP contribution is 2.40. The van der Waals surface area contributed by atoms with Crippen LogP contribution in [0.25, 0.3) is 0 Å². The van der Waals surface area contributed by atoms with E-state index in [9.17, 15) is 19.2 Å². The van der Waals surface area contributed by atoms with Gasteiger partial charge in [-0.2, -0.15) is 0 Å². The van der Waals surface area contributed by atoms with Crippen LogP contribution in [0.5, 0.6) is 5.75 Å². The summed E-state index contributed by atoms with van der Waals surface area (Å²) in [6, 6.07) is 42.1. The Morgan fingerprint density at radius 1 is 0.603 bits per heavy atom. The number of rotatable bonds is 26. The first-order chi connectivity index (χ1) is 37.6. The molecule has 0 aromatic heterocycles. The van der Waals surface area contributed by atoms with Gasteiger partial charge in [0.1, 0.15) is 60.1 Å². The minimum atomic E-state index is -1.97. The second kappa shape index (κ2) is 30.3. The molecule has 0 saturated carbocycles. The fourth-order valence-electron chi connectivity index (χ4n) is 8.56. The van der Waals surface area contributed by atoms with Gasteiger partial charge >= 0.3 is 18.0 Å². The summed E-state index contributed by atoms with van der Waals surface area (Å²) in [5, 5.41) is 2.80. The second-order valence-electron chi connectivity index (χ2n) is 18.6. The molecule has 418 valence electrons. The third-order valence-electron chi connectivity index (χ3n) is 12.4. The van der Waals surface area contributed by atoms with Gasteiger partial charge in [0.25, 0.3) is 0 Å². The minimum Gasteiger partial charge on any atom is -0.497 e. The molecule has 5 aromatic carbocycles. The summed E-state index contributed by atoms with van der Waals surface area (Å²) in [6.07, 6.45) is -11.6. The first kappa shape index (κ1) is 60.4. The van der Waals surface area contributed by atoms with Gasteiger partial charge in [-0.25, -0.2) is 4.79 Å². The summed E-state index contributed by atoms with van der Waals surface area (Å²) in [4.78, 5) is 54.4. The van der Waals surface area contributed by atoms with E-state index in [4.69, 9.17) is 86.9 Å². The highest BCUT2D eigenvalue weighted by Gasteiger charge is 2.56. The van der Waals surface area contributed by atoms with Crippen LogP contribution < -0.4 is 10.1 Å². The SMILES string of the molecule is COc1ccc(CO[C@H]2[C@@H](OCc3ccccc3)[C@@H](COCc3ccccc3)O[C@@H](O[C@H]3[C@H](OC(C)=O)[C@@H](NC(=O)OCC(Cl)(Cl)Cl)[C@H](Sc4ccc(C)cc4)O[C@@H]3COCc3ccccc3)[C@@H]2OC(=O)CCC(C)=O)cc1. The van der Waals surface area contributed by atoms with E-state index in [1.165, 1.54) is 25.6 Å². The highest BCUT2D eigenvalue weighted by molar-refractivity contribution is 7.99. The number of alkyl carbamates (subject to hydrolysis) is 1. The predicted molar refractivity (Wildman–Crippen MR) is 292 cm³/mol. The number of amides is 1. The summed E-state index contributed by atoms with van der Waals surface area (Å²) in [6.45, 7) is 4.04. The maximum atomic E-state index is 14.1. The smallest absolute Gasteiger partial charge is 0.407 e. The van der Waals surface area contributed by atoms with E-state index in [1.807, 2.05) is 134 Å². The number of aryl methyl sites for hydroxylation is 1. The molecule has 2 aliphatic heterocycles. The van der Waals surface area contributed by atoms with Gasteiger partial charge in [0.15, 0.2) is 18.5 Å². The van der Waals surface area contributed by atoms with Crippen molar-refractivity contribution in [1.29, 1.82) is 0 Å².